The molecule has 1 fully saturated rings. The lowest BCUT2D eigenvalue weighted by Gasteiger charge is -2.35. The minimum Gasteiger partial charge on any atom is -0.339 e. The molecule has 10 heteroatoms. The Hall–Kier alpha value is -3.56. The molecular formula is C19H19FN6O3. The van der Waals surface area contributed by atoms with Crippen molar-refractivity contribution in [3.05, 3.63) is 58.5 Å². The van der Waals surface area contributed by atoms with Crippen molar-refractivity contribution in [3.8, 4) is 0 Å². The molecule has 3 heterocycles. The van der Waals surface area contributed by atoms with Gasteiger partial charge >= 0.3 is 0 Å². The van der Waals surface area contributed by atoms with Crippen LogP contribution >= 0.6 is 0 Å². The van der Waals surface area contributed by atoms with Crippen molar-refractivity contribution >= 4 is 22.8 Å². The van der Waals surface area contributed by atoms with Crippen LogP contribution in [0.1, 0.15) is 5.56 Å². The second kappa shape index (κ2) is 7.82. The second-order valence-electron chi connectivity index (χ2n) is 6.80. The Morgan fingerprint density at radius 1 is 1.07 bits per heavy atom. The molecule has 1 aromatic carbocycles. The summed E-state index contributed by atoms with van der Waals surface area (Å²) in [7, 11) is 0. The molecule has 0 spiro atoms. The van der Waals surface area contributed by atoms with Gasteiger partial charge in [-0.2, -0.15) is 5.10 Å². The second-order valence-corrected chi connectivity index (χ2v) is 6.80. The van der Waals surface area contributed by atoms with Gasteiger partial charge in [-0.3, -0.25) is 14.4 Å². The Kier molecular flexibility index (Phi) is 5.07. The molecule has 0 radical (unpaired) electrons. The van der Waals surface area contributed by atoms with E-state index in [2.05, 4.69) is 15.1 Å². The van der Waals surface area contributed by atoms with Crippen molar-refractivity contribution < 1.29 is 14.0 Å². The molecular weight excluding hydrogens is 379 g/mol. The first kappa shape index (κ1) is 18.8. The summed E-state index contributed by atoms with van der Waals surface area (Å²) in [5.74, 6) is -0.726. The molecule has 1 aliphatic heterocycles. The number of aromatic nitrogens is 4. The standard InChI is InChI=1S/C19H19FN6O3/c20-15-4-2-1-3-13(15)9-16(27)24-5-7-25(8-6-24)17(28)11-26-18-14(10-23-26)19(29)22-12-21-18/h1-4,10,12H,5-9,11H2,(H,21,22,29). The lowest BCUT2D eigenvalue weighted by Crippen LogP contribution is -2.51. The zero-order chi connectivity index (χ0) is 20.4. The van der Waals surface area contributed by atoms with E-state index in [0.717, 1.165) is 0 Å². The molecule has 3 aromatic rings. The van der Waals surface area contributed by atoms with Gasteiger partial charge in [0.15, 0.2) is 5.65 Å². The van der Waals surface area contributed by atoms with E-state index >= 15 is 0 Å². The number of carbonyl (C=O) groups excluding carboxylic acids is 2. The van der Waals surface area contributed by atoms with Gasteiger partial charge in [0, 0.05) is 26.2 Å². The van der Waals surface area contributed by atoms with Crippen LogP contribution in [0.4, 0.5) is 4.39 Å². The molecule has 0 atom stereocenters. The van der Waals surface area contributed by atoms with E-state index in [4.69, 9.17) is 0 Å². The molecule has 4 rings (SSSR count). The predicted molar refractivity (Wildman–Crippen MR) is 101 cm³/mol. The van der Waals surface area contributed by atoms with Gasteiger partial charge in [0.25, 0.3) is 5.56 Å². The molecule has 1 N–H and O–H groups in total. The maximum absolute atomic E-state index is 13.7. The lowest BCUT2D eigenvalue weighted by atomic mass is 10.1. The van der Waals surface area contributed by atoms with E-state index in [-0.39, 0.29) is 30.3 Å². The largest absolute Gasteiger partial charge is 0.339 e. The molecule has 1 aliphatic rings. The van der Waals surface area contributed by atoms with Gasteiger partial charge in [-0.05, 0) is 11.6 Å². The van der Waals surface area contributed by atoms with Crippen LogP contribution in [-0.4, -0.2) is 67.5 Å². The maximum atomic E-state index is 13.7. The molecule has 9 nitrogen and oxygen atoms in total. The molecule has 0 aliphatic carbocycles. The number of nitrogens with one attached hydrogen (secondary N) is 1. The fraction of sp³-hybridized carbons (Fsp3) is 0.316. The first-order chi connectivity index (χ1) is 14.0. The number of amides is 2. The highest BCUT2D eigenvalue weighted by atomic mass is 19.1. The number of benzene rings is 1. The number of hydrogen-bond donors (Lipinski definition) is 1. The van der Waals surface area contributed by atoms with E-state index in [1.807, 2.05) is 0 Å². The highest BCUT2D eigenvalue weighted by molar-refractivity contribution is 5.81. The predicted octanol–water partition coefficient (Wildman–Crippen LogP) is 0.172. The Labute approximate surface area is 164 Å². The van der Waals surface area contributed by atoms with Crippen LogP contribution in [0.5, 0.6) is 0 Å². The smallest absolute Gasteiger partial charge is 0.261 e. The number of piperazine rings is 1. The highest BCUT2D eigenvalue weighted by Crippen LogP contribution is 2.11. The molecule has 0 unspecified atom stereocenters. The van der Waals surface area contributed by atoms with Crippen molar-refractivity contribution in [1.29, 1.82) is 0 Å². The Morgan fingerprint density at radius 3 is 2.48 bits per heavy atom. The third-order valence-electron chi connectivity index (χ3n) is 5.01. The quantitative estimate of drug-likeness (QED) is 0.675. The SMILES string of the molecule is O=C(Cc1ccccc1F)N1CCN(C(=O)Cn2ncc3c(=O)[nH]cnc32)CC1. The molecule has 0 bridgehead atoms. The van der Waals surface area contributed by atoms with Gasteiger partial charge in [-0.25, -0.2) is 14.1 Å². The Balaban J connectivity index is 1.35. The van der Waals surface area contributed by atoms with Crippen molar-refractivity contribution in [2.45, 2.75) is 13.0 Å². The van der Waals surface area contributed by atoms with Gasteiger partial charge in [-0.15, -0.1) is 0 Å². The summed E-state index contributed by atoms with van der Waals surface area (Å²) < 4.78 is 15.1. The highest BCUT2D eigenvalue weighted by Gasteiger charge is 2.25. The fourth-order valence-corrected chi connectivity index (χ4v) is 3.37. The minimum absolute atomic E-state index is 0.000111. The van der Waals surface area contributed by atoms with Gasteiger partial charge in [-0.1, -0.05) is 18.2 Å². The van der Waals surface area contributed by atoms with Crippen LogP contribution in [0.2, 0.25) is 0 Å². The van der Waals surface area contributed by atoms with Crippen LogP contribution in [0.15, 0.2) is 41.6 Å². The van der Waals surface area contributed by atoms with Crippen LogP contribution in [0.25, 0.3) is 11.0 Å². The maximum Gasteiger partial charge on any atom is 0.261 e. The number of aromatic amines is 1. The van der Waals surface area contributed by atoms with Crippen LogP contribution in [-0.2, 0) is 22.6 Å². The zero-order valence-electron chi connectivity index (χ0n) is 15.5. The third kappa shape index (κ3) is 3.86. The Morgan fingerprint density at radius 2 is 1.76 bits per heavy atom. The molecule has 2 amide bonds. The van der Waals surface area contributed by atoms with Crippen LogP contribution in [0, 0.1) is 5.82 Å². The molecule has 150 valence electrons. The number of fused-ring (bicyclic) bond motifs is 1. The van der Waals surface area contributed by atoms with Crippen molar-refractivity contribution in [3.63, 3.8) is 0 Å². The number of halogens is 1. The van der Waals surface area contributed by atoms with E-state index in [9.17, 15) is 18.8 Å². The topological polar surface area (TPSA) is 104 Å². The summed E-state index contributed by atoms with van der Waals surface area (Å²) in [5.41, 5.74) is 0.403. The first-order valence-corrected chi connectivity index (χ1v) is 9.21. The van der Waals surface area contributed by atoms with Gasteiger partial charge < -0.3 is 14.8 Å². The lowest BCUT2D eigenvalue weighted by molar-refractivity contribution is -0.139. The summed E-state index contributed by atoms with van der Waals surface area (Å²) in [4.78, 5) is 46.6. The van der Waals surface area contributed by atoms with Crippen LogP contribution < -0.4 is 5.56 Å². The van der Waals surface area contributed by atoms with E-state index in [0.29, 0.717) is 42.8 Å². The molecule has 29 heavy (non-hydrogen) atoms. The zero-order valence-corrected chi connectivity index (χ0v) is 15.5. The summed E-state index contributed by atoms with van der Waals surface area (Å²) >= 11 is 0. The molecule has 0 saturated carbocycles. The van der Waals surface area contributed by atoms with Crippen molar-refractivity contribution in [2.24, 2.45) is 0 Å². The summed E-state index contributed by atoms with van der Waals surface area (Å²) in [6.45, 7) is 1.50. The van der Waals surface area contributed by atoms with Crippen molar-refractivity contribution in [1.82, 2.24) is 29.5 Å². The van der Waals surface area contributed by atoms with Gasteiger partial charge in [0.2, 0.25) is 11.8 Å². The third-order valence-corrected chi connectivity index (χ3v) is 5.01. The molecule has 2 aromatic heterocycles. The summed E-state index contributed by atoms with van der Waals surface area (Å²) in [6.07, 6.45) is 2.65. The summed E-state index contributed by atoms with van der Waals surface area (Å²) in [5, 5.41) is 4.40. The number of nitrogens with zero attached hydrogens (tertiary/aromatic N) is 5. The monoisotopic (exact) mass is 398 g/mol. The average molecular weight is 398 g/mol. The number of carbonyl (C=O) groups is 2. The average Bonchev–Trinajstić information content (AvgIpc) is 3.14. The fourth-order valence-electron chi connectivity index (χ4n) is 3.37. The number of H-pyrrole nitrogens is 1. The Bertz CT molecular complexity index is 1120. The number of rotatable bonds is 4. The number of hydrogen-bond acceptors (Lipinski definition) is 5. The van der Waals surface area contributed by atoms with E-state index < -0.39 is 5.82 Å². The van der Waals surface area contributed by atoms with E-state index in [1.165, 1.54) is 23.3 Å². The normalized spacial score (nSPS) is 14.4. The molecule has 1 saturated heterocycles. The van der Waals surface area contributed by atoms with Gasteiger partial charge in [0.1, 0.15) is 17.7 Å². The minimum atomic E-state index is -0.395. The van der Waals surface area contributed by atoms with Crippen LogP contribution in [0.3, 0.4) is 0 Å². The van der Waals surface area contributed by atoms with Crippen molar-refractivity contribution in [2.75, 3.05) is 26.2 Å². The van der Waals surface area contributed by atoms with E-state index in [1.54, 1.807) is 28.0 Å². The van der Waals surface area contributed by atoms with Gasteiger partial charge in [0.05, 0.1) is 18.9 Å². The summed E-state index contributed by atoms with van der Waals surface area (Å²) in [6, 6.07) is 6.22. The first-order valence-electron chi connectivity index (χ1n) is 9.21.